The van der Waals surface area contributed by atoms with E-state index in [1.54, 1.807) is 0 Å². The van der Waals surface area contributed by atoms with Gasteiger partial charge >= 0.3 is 6.03 Å². The number of ether oxygens (including phenoxy) is 1. The van der Waals surface area contributed by atoms with Gasteiger partial charge in [0, 0.05) is 25.7 Å². The Morgan fingerprint density at radius 1 is 1.10 bits per heavy atom. The van der Waals surface area contributed by atoms with Gasteiger partial charge < -0.3 is 15.0 Å². The average Bonchev–Trinajstić information content (AvgIpc) is 2.52. The molecule has 2 rings (SSSR count). The predicted octanol–water partition coefficient (Wildman–Crippen LogP) is 1.93. The van der Waals surface area contributed by atoms with E-state index in [0.717, 1.165) is 13.0 Å². The topological polar surface area (TPSA) is 44.8 Å². The van der Waals surface area contributed by atoms with Crippen LogP contribution in [0.3, 0.4) is 0 Å². The number of likely N-dealkylation sites (tertiary alicyclic amines) is 1. The molecule has 0 aromatic heterocycles. The lowest BCUT2D eigenvalue weighted by Gasteiger charge is -2.36. The van der Waals surface area contributed by atoms with Gasteiger partial charge in [0.25, 0.3) is 0 Å². The lowest BCUT2D eigenvalue weighted by atomic mass is 9.99. The van der Waals surface area contributed by atoms with Crippen molar-refractivity contribution in [2.24, 2.45) is 5.92 Å². The summed E-state index contributed by atoms with van der Waals surface area (Å²) in [4.78, 5) is 16.7. The molecule has 1 unspecified atom stereocenters. The van der Waals surface area contributed by atoms with Gasteiger partial charge in [-0.1, -0.05) is 20.3 Å². The number of morpholine rings is 1. The highest BCUT2D eigenvalue weighted by Crippen LogP contribution is 2.17. The molecule has 2 saturated heterocycles. The van der Waals surface area contributed by atoms with Gasteiger partial charge in [0.05, 0.1) is 13.2 Å². The summed E-state index contributed by atoms with van der Waals surface area (Å²) in [6.07, 6.45) is 5.10. The molecular weight excluding hydrogens is 266 g/mol. The molecule has 5 heteroatoms. The number of rotatable bonds is 5. The lowest BCUT2D eigenvalue weighted by Crippen LogP contribution is -2.51. The molecule has 0 bridgehead atoms. The Bertz CT molecular complexity index is 311. The number of urea groups is 1. The molecule has 2 fully saturated rings. The third-order valence-electron chi connectivity index (χ3n) is 4.44. The van der Waals surface area contributed by atoms with Crippen LogP contribution in [-0.4, -0.2) is 67.8 Å². The summed E-state index contributed by atoms with van der Waals surface area (Å²) in [5, 5.41) is 3.14. The number of carbonyl (C=O) groups excluding carboxylic acids is 1. The second-order valence-corrected chi connectivity index (χ2v) is 6.67. The number of amides is 2. The number of carbonyl (C=O) groups is 1. The Morgan fingerprint density at radius 2 is 1.76 bits per heavy atom. The van der Waals surface area contributed by atoms with Crippen LogP contribution >= 0.6 is 0 Å². The van der Waals surface area contributed by atoms with Gasteiger partial charge in [-0.25, -0.2) is 4.79 Å². The number of hydrogen-bond acceptors (Lipinski definition) is 3. The van der Waals surface area contributed by atoms with Crippen molar-refractivity contribution >= 4 is 6.03 Å². The molecule has 0 saturated carbocycles. The molecule has 2 aliphatic heterocycles. The highest BCUT2D eigenvalue weighted by atomic mass is 16.5. The van der Waals surface area contributed by atoms with Gasteiger partial charge in [-0.15, -0.1) is 0 Å². The van der Waals surface area contributed by atoms with Gasteiger partial charge in [0.15, 0.2) is 0 Å². The van der Waals surface area contributed by atoms with Crippen LogP contribution in [0.2, 0.25) is 0 Å². The summed E-state index contributed by atoms with van der Waals surface area (Å²) in [5.41, 5.74) is 0. The fourth-order valence-corrected chi connectivity index (χ4v) is 3.27. The minimum absolute atomic E-state index is 0.0732. The van der Waals surface area contributed by atoms with E-state index >= 15 is 0 Å². The molecular formula is C16H31N3O2. The van der Waals surface area contributed by atoms with Crippen LogP contribution in [0.25, 0.3) is 0 Å². The van der Waals surface area contributed by atoms with Crippen molar-refractivity contribution in [1.82, 2.24) is 15.1 Å². The Balaban J connectivity index is 1.81. The van der Waals surface area contributed by atoms with Crippen LogP contribution in [-0.2, 0) is 4.74 Å². The number of piperidine rings is 1. The van der Waals surface area contributed by atoms with Crippen molar-refractivity contribution in [2.45, 2.75) is 45.6 Å². The number of nitrogens with zero attached hydrogens (tertiary/aromatic N) is 2. The summed E-state index contributed by atoms with van der Waals surface area (Å²) < 4.78 is 5.29. The Morgan fingerprint density at radius 3 is 2.38 bits per heavy atom. The highest BCUT2D eigenvalue weighted by Gasteiger charge is 2.23. The zero-order valence-corrected chi connectivity index (χ0v) is 13.6. The molecule has 1 N–H and O–H groups in total. The zero-order chi connectivity index (χ0) is 15.1. The van der Waals surface area contributed by atoms with Crippen LogP contribution in [0.15, 0.2) is 0 Å². The van der Waals surface area contributed by atoms with Crippen molar-refractivity contribution in [3.63, 3.8) is 0 Å². The highest BCUT2D eigenvalue weighted by molar-refractivity contribution is 5.74. The second kappa shape index (κ2) is 8.59. The minimum Gasteiger partial charge on any atom is -0.378 e. The lowest BCUT2D eigenvalue weighted by molar-refractivity contribution is 0.0522. The Hall–Kier alpha value is -0.810. The average molecular weight is 297 g/mol. The maximum absolute atomic E-state index is 12.2. The van der Waals surface area contributed by atoms with Gasteiger partial charge in [-0.2, -0.15) is 0 Å². The van der Waals surface area contributed by atoms with Crippen LogP contribution in [0.1, 0.15) is 39.5 Å². The van der Waals surface area contributed by atoms with Crippen molar-refractivity contribution in [1.29, 1.82) is 0 Å². The standard InChI is InChI=1S/C16H31N3O2/c1-14(2)12-15(18-6-4-3-5-7-18)13-17-16(20)19-8-10-21-11-9-19/h14-15H,3-13H2,1-2H3,(H,17,20). The van der Waals surface area contributed by atoms with Crippen LogP contribution in [0, 0.1) is 5.92 Å². The van der Waals surface area contributed by atoms with Crippen LogP contribution < -0.4 is 5.32 Å². The first-order valence-electron chi connectivity index (χ1n) is 8.51. The van der Waals surface area contributed by atoms with Crippen LogP contribution in [0.5, 0.6) is 0 Å². The molecule has 0 aromatic carbocycles. The Labute approximate surface area is 129 Å². The van der Waals surface area contributed by atoms with E-state index in [0.29, 0.717) is 38.3 Å². The van der Waals surface area contributed by atoms with Crippen molar-refractivity contribution < 1.29 is 9.53 Å². The van der Waals surface area contributed by atoms with E-state index in [-0.39, 0.29) is 6.03 Å². The summed E-state index contributed by atoms with van der Waals surface area (Å²) >= 11 is 0. The number of nitrogens with one attached hydrogen (secondary N) is 1. The fraction of sp³-hybridized carbons (Fsp3) is 0.938. The molecule has 2 amide bonds. The van der Waals surface area contributed by atoms with Gasteiger partial charge in [-0.05, 0) is 38.3 Å². The van der Waals surface area contributed by atoms with E-state index in [9.17, 15) is 4.79 Å². The van der Waals surface area contributed by atoms with Gasteiger partial charge in [0.2, 0.25) is 0 Å². The maximum Gasteiger partial charge on any atom is 0.317 e. The number of hydrogen-bond donors (Lipinski definition) is 1. The van der Waals surface area contributed by atoms with Gasteiger partial charge in [0.1, 0.15) is 0 Å². The van der Waals surface area contributed by atoms with E-state index in [1.165, 1.54) is 32.4 Å². The minimum atomic E-state index is 0.0732. The third kappa shape index (κ3) is 5.47. The molecule has 0 radical (unpaired) electrons. The quantitative estimate of drug-likeness (QED) is 0.843. The largest absolute Gasteiger partial charge is 0.378 e. The smallest absolute Gasteiger partial charge is 0.317 e. The van der Waals surface area contributed by atoms with E-state index < -0.39 is 0 Å². The van der Waals surface area contributed by atoms with Crippen molar-refractivity contribution in [3.05, 3.63) is 0 Å². The molecule has 0 aliphatic carbocycles. The zero-order valence-electron chi connectivity index (χ0n) is 13.6. The first-order valence-corrected chi connectivity index (χ1v) is 8.51. The third-order valence-corrected chi connectivity index (χ3v) is 4.44. The molecule has 21 heavy (non-hydrogen) atoms. The molecule has 1 atom stereocenters. The molecule has 2 heterocycles. The Kier molecular flexibility index (Phi) is 6.77. The summed E-state index contributed by atoms with van der Waals surface area (Å²) in [7, 11) is 0. The molecule has 0 aromatic rings. The van der Waals surface area contributed by atoms with Crippen molar-refractivity contribution in [3.8, 4) is 0 Å². The summed E-state index contributed by atoms with van der Waals surface area (Å²) in [6, 6.07) is 0.555. The second-order valence-electron chi connectivity index (χ2n) is 6.67. The molecule has 122 valence electrons. The normalized spacial score (nSPS) is 22.3. The first-order chi connectivity index (χ1) is 10.2. The molecule has 2 aliphatic rings. The maximum atomic E-state index is 12.2. The van der Waals surface area contributed by atoms with Crippen LogP contribution in [0.4, 0.5) is 4.79 Å². The molecule has 5 nitrogen and oxygen atoms in total. The van der Waals surface area contributed by atoms with E-state index in [2.05, 4.69) is 24.1 Å². The molecule has 0 spiro atoms. The summed E-state index contributed by atoms with van der Waals surface area (Å²) in [5.74, 6) is 0.664. The summed E-state index contributed by atoms with van der Waals surface area (Å²) in [6.45, 7) is 10.4. The van der Waals surface area contributed by atoms with Crippen molar-refractivity contribution in [2.75, 3.05) is 45.9 Å². The monoisotopic (exact) mass is 297 g/mol. The van der Waals surface area contributed by atoms with E-state index in [1.807, 2.05) is 4.90 Å². The fourth-order valence-electron chi connectivity index (χ4n) is 3.27. The predicted molar refractivity (Wildman–Crippen MR) is 84.5 cm³/mol. The SMILES string of the molecule is CC(C)CC(CNC(=O)N1CCOCC1)N1CCCCC1. The first kappa shape index (κ1) is 16.6. The van der Waals surface area contributed by atoms with E-state index in [4.69, 9.17) is 4.74 Å². The van der Waals surface area contributed by atoms with Gasteiger partial charge in [-0.3, -0.25) is 4.90 Å².